The standard InChI is InChI=1S/C17H28IN3O5/c1-2-9-19-14(22)8-7-13(16(24)25)21-15(23)12-5-3-11(4-6-12)10-20-17(18)26/h11-13H,2-10H2,1H3,(H,19,22)(H,20,26)(H,21,23)(H,24,25). The van der Waals surface area contributed by atoms with Crippen LogP contribution in [0.2, 0.25) is 0 Å². The van der Waals surface area contributed by atoms with E-state index in [-0.39, 0.29) is 34.5 Å². The Morgan fingerprint density at radius 3 is 2.31 bits per heavy atom. The summed E-state index contributed by atoms with van der Waals surface area (Å²) in [7, 11) is 0. The normalized spacial score (nSPS) is 20.7. The van der Waals surface area contributed by atoms with Crippen LogP contribution in [0, 0.1) is 11.8 Å². The van der Waals surface area contributed by atoms with E-state index in [1.165, 1.54) is 0 Å². The van der Waals surface area contributed by atoms with Gasteiger partial charge in [0.2, 0.25) is 11.8 Å². The Kier molecular flexibility index (Phi) is 10.5. The van der Waals surface area contributed by atoms with Gasteiger partial charge < -0.3 is 21.1 Å². The predicted octanol–water partition coefficient (Wildman–Crippen LogP) is 1.81. The minimum atomic E-state index is -1.12. The minimum absolute atomic E-state index is 0.0694. The molecule has 1 saturated carbocycles. The van der Waals surface area contributed by atoms with E-state index in [2.05, 4.69) is 16.0 Å². The highest BCUT2D eigenvalue weighted by atomic mass is 127. The van der Waals surface area contributed by atoms with Crippen LogP contribution in [-0.2, 0) is 14.4 Å². The van der Waals surface area contributed by atoms with Gasteiger partial charge in [0, 0.05) is 48.0 Å². The summed E-state index contributed by atoms with van der Waals surface area (Å²) < 4.78 is -0.0882. The lowest BCUT2D eigenvalue weighted by molar-refractivity contribution is -0.143. The zero-order valence-corrected chi connectivity index (χ0v) is 17.2. The molecule has 0 aliphatic heterocycles. The second kappa shape index (κ2) is 12.1. The Morgan fingerprint density at radius 2 is 1.77 bits per heavy atom. The molecule has 0 saturated heterocycles. The minimum Gasteiger partial charge on any atom is -0.480 e. The topological polar surface area (TPSA) is 125 Å². The largest absolute Gasteiger partial charge is 0.480 e. The number of carbonyl (C=O) groups excluding carboxylic acids is 3. The second-order valence-electron chi connectivity index (χ2n) is 6.66. The van der Waals surface area contributed by atoms with Crippen molar-refractivity contribution in [3.63, 3.8) is 0 Å². The number of hydrogen-bond acceptors (Lipinski definition) is 4. The molecular weight excluding hydrogens is 453 g/mol. The molecule has 0 aromatic carbocycles. The Bertz CT molecular complexity index is 507. The maximum absolute atomic E-state index is 12.4. The van der Waals surface area contributed by atoms with Gasteiger partial charge in [0.25, 0.3) is 3.91 Å². The van der Waals surface area contributed by atoms with Crippen molar-refractivity contribution in [2.75, 3.05) is 13.1 Å². The average molecular weight is 481 g/mol. The van der Waals surface area contributed by atoms with E-state index in [1.807, 2.05) is 6.92 Å². The van der Waals surface area contributed by atoms with Gasteiger partial charge >= 0.3 is 5.97 Å². The molecular formula is C17H28IN3O5. The number of aliphatic carboxylic acids is 1. The quantitative estimate of drug-likeness (QED) is 0.215. The molecule has 9 heteroatoms. The lowest BCUT2D eigenvalue weighted by Gasteiger charge is -2.28. The highest BCUT2D eigenvalue weighted by Crippen LogP contribution is 2.28. The summed E-state index contributed by atoms with van der Waals surface area (Å²) >= 11 is 1.69. The van der Waals surface area contributed by atoms with Crippen molar-refractivity contribution in [1.29, 1.82) is 0 Å². The summed E-state index contributed by atoms with van der Waals surface area (Å²) in [5.74, 6) is -1.44. The number of halogens is 1. The van der Waals surface area contributed by atoms with Crippen LogP contribution in [-0.4, -0.2) is 45.9 Å². The van der Waals surface area contributed by atoms with Gasteiger partial charge in [-0.05, 0) is 44.4 Å². The third kappa shape index (κ3) is 8.81. The maximum atomic E-state index is 12.4. The van der Waals surface area contributed by atoms with Crippen molar-refractivity contribution in [2.45, 2.75) is 57.9 Å². The molecule has 0 aromatic rings. The SMILES string of the molecule is CCCNC(=O)CCC(NC(=O)C1CCC(CNC(=O)I)CC1)C(=O)O. The van der Waals surface area contributed by atoms with Crippen molar-refractivity contribution in [2.24, 2.45) is 11.8 Å². The molecule has 0 spiro atoms. The van der Waals surface area contributed by atoms with Gasteiger partial charge in [-0.1, -0.05) is 6.92 Å². The number of carboxylic acid groups (broad SMARTS) is 1. The molecule has 1 aliphatic rings. The molecule has 1 rings (SSSR count). The molecule has 4 N–H and O–H groups in total. The monoisotopic (exact) mass is 481 g/mol. The summed E-state index contributed by atoms with van der Waals surface area (Å²) in [6.45, 7) is 3.11. The predicted molar refractivity (Wildman–Crippen MR) is 105 cm³/mol. The lowest BCUT2D eigenvalue weighted by Crippen LogP contribution is -2.45. The van der Waals surface area contributed by atoms with Gasteiger partial charge in [-0.3, -0.25) is 14.4 Å². The van der Waals surface area contributed by atoms with Crippen LogP contribution in [0.4, 0.5) is 4.79 Å². The number of carbonyl (C=O) groups is 4. The smallest absolute Gasteiger partial charge is 0.326 e. The fourth-order valence-corrected chi connectivity index (χ4v) is 3.25. The first kappa shape index (κ1) is 22.7. The van der Waals surface area contributed by atoms with Crippen LogP contribution < -0.4 is 16.0 Å². The van der Waals surface area contributed by atoms with E-state index in [9.17, 15) is 24.3 Å². The zero-order chi connectivity index (χ0) is 19.5. The Hall–Kier alpha value is -1.39. The van der Waals surface area contributed by atoms with Crippen LogP contribution >= 0.6 is 22.6 Å². The molecule has 1 fully saturated rings. The van der Waals surface area contributed by atoms with E-state index in [1.54, 1.807) is 22.6 Å². The summed E-state index contributed by atoms with van der Waals surface area (Å²) in [6, 6.07) is -1.05. The van der Waals surface area contributed by atoms with E-state index in [0.717, 1.165) is 19.3 Å². The van der Waals surface area contributed by atoms with Crippen LogP contribution in [0.5, 0.6) is 0 Å². The molecule has 1 atom stereocenters. The molecule has 0 aromatic heterocycles. The van der Waals surface area contributed by atoms with Crippen LogP contribution in [0.1, 0.15) is 51.9 Å². The summed E-state index contributed by atoms with van der Waals surface area (Å²) in [5.41, 5.74) is 0. The van der Waals surface area contributed by atoms with E-state index in [4.69, 9.17) is 0 Å². The number of rotatable bonds is 10. The highest BCUT2D eigenvalue weighted by molar-refractivity contribution is 14.1. The molecule has 148 valence electrons. The van der Waals surface area contributed by atoms with Crippen molar-refractivity contribution in [1.82, 2.24) is 16.0 Å². The second-order valence-corrected chi connectivity index (χ2v) is 7.64. The average Bonchev–Trinajstić information content (AvgIpc) is 2.61. The third-order valence-electron chi connectivity index (χ3n) is 4.59. The molecule has 0 bridgehead atoms. The van der Waals surface area contributed by atoms with E-state index in [0.29, 0.717) is 31.8 Å². The van der Waals surface area contributed by atoms with Gasteiger partial charge in [-0.15, -0.1) is 0 Å². The highest BCUT2D eigenvalue weighted by Gasteiger charge is 2.29. The molecule has 1 aliphatic carbocycles. The lowest BCUT2D eigenvalue weighted by atomic mass is 9.81. The number of carboxylic acids is 1. The van der Waals surface area contributed by atoms with E-state index >= 15 is 0 Å². The van der Waals surface area contributed by atoms with Crippen LogP contribution in [0.15, 0.2) is 0 Å². The van der Waals surface area contributed by atoms with Crippen molar-refractivity contribution in [3.05, 3.63) is 0 Å². The first-order valence-electron chi connectivity index (χ1n) is 9.06. The number of amides is 3. The molecule has 0 radical (unpaired) electrons. The van der Waals surface area contributed by atoms with Gasteiger partial charge in [-0.25, -0.2) is 4.79 Å². The first-order valence-corrected chi connectivity index (χ1v) is 10.1. The van der Waals surface area contributed by atoms with Crippen LogP contribution in [0.3, 0.4) is 0 Å². The van der Waals surface area contributed by atoms with Crippen molar-refractivity contribution < 1.29 is 24.3 Å². The van der Waals surface area contributed by atoms with E-state index < -0.39 is 12.0 Å². The molecule has 8 nitrogen and oxygen atoms in total. The molecule has 3 amide bonds. The Morgan fingerprint density at radius 1 is 1.12 bits per heavy atom. The van der Waals surface area contributed by atoms with Gasteiger partial charge in [0.15, 0.2) is 0 Å². The summed E-state index contributed by atoms with van der Waals surface area (Å²) in [4.78, 5) is 46.3. The van der Waals surface area contributed by atoms with Crippen LogP contribution in [0.25, 0.3) is 0 Å². The summed E-state index contributed by atoms with van der Waals surface area (Å²) in [5, 5.41) is 17.3. The Labute approximate surface area is 167 Å². The maximum Gasteiger partial charge on any atom is 0.326 e. The van der Waals surface area contributed by atoms with Gasteiger partial charge in [-0.2, -0.15) is 0 Å². The van der Waals surface area contributed by atoms with Gasteiger partial charge in [0.1, 0.15) is 6.04 Å². The molecule has 26 heavy (non-hydrogen) atoms. The van der Waals surface area contributed by atoms with Crippen molar-refractivity contribution >= 4 is 44.3 Å². The fourth-order valence-electron chi connectivity index (χ4n) is 3.03. The fraction of sp³-hybridized carbons (Fsp3) is 0.765. The first-order chi connectivity index (χ1) is 12.3. The third-order valence-corrected chi connectivity index (χ3v) is 4.98. The number of hydrogen-bond donors (Lipinski definition) is 4. The molecule has 1 unspecified atom stereocenters. The number of nitrogens with one attached hydrogen (secondary N) is 3. The summed E-state index contributed by atoms with van der Waals surface area (Å²) in [6.07, 6.45) is 3.97. The molecule has 0 heterocycles. The van der Waals surface area contributed by atoms with Gasteiger partial charge in [0.05, 0.1) is 0 Å². The van der Waals surface area contributed by atoms with Crippen molar-refractivity contribution in [3.8, 4) is 0 Å². The zero-order valence-electron chi connectivity index (χ0n) is 15.1. The Balaban J connectivity index is 2.39.